The lowest BCUT2D eigenvalue weighted by Crippen LogP contribution is -2.60. The first-order valence-electron chi connectivity index (χ1n) is 9.22. The summed E-state index contributed by atoms with van der Waals surface area (Å²) in [5.41, 5.74) is -0.904. The number of nitrogens with zero attached hydrogens (tertiary/aromatic N) is 1. The number of unbranched alkanes of at least 4 members (excludes halogenated alkanes) is 2. The van der Waals surface area contributed by atoms with Crippen molar-refractivity contribution in [3.8, 4) is 0 Å². The molecule has 0 radical (unpaired) electrons. The molecule has 0 bridgehead atoms. The van der Waals surface area contributed by atoms with Crippen LogP contribution in [0.3, 0.4) is 0 Å². The molecule has 1 unspecified atom stereocenters. The molecule has 26 heavy (non-hydrogen) atoms. The molecule has 3 N–H and O–H groups in total. The van der Waals surface area contributed by atoms with Crippen LogP contribution in [0.2, 0.25) is 0 Å². The van der Waals surface area contributed by atoms with E-state index in [-0.39, 0.29) is 12.1 Å². The number of aliphatic carboxylic acids is 1. The van der Waals surface area contributed by atoms with E-state index in [9.17, 15) is 19.9 Å². The number of hydrogen-bond donors (Lipinski definition) is 3. The van der Waals surface area contributed by atoms with Gasteiger partial charge in [0.15, 0.2) is 0 Å². The maximum absolute atomic E-state index is 12.1. The normalized spacial score (nSPS) is 21.6. The molecule has 1 atom stereocenters. The molecule has 7 nitrogen and oxygen atoms in total. The van der Waals surface area contributed by atoms with Crippen LogP contribution in [0.15, 0.2) is 12.2 Å². The maximum Gasteiger partial charge on any atom is 0.328 e. The molecule has 0 spiro atoms. The van der Waals surface area contributed by atoms with Crippen molar-refractivity contribution < 1.29 is 29.7 Å². The molecule has 1 aliphatic rings. The molecule has 150 valence electrons. The van der Waals surface area contributed by atoms with Gasteiger partial charge in [0, 0.05) is 36.4 Å². The zero-order valence-corrected chi connectivity index (χ0v) is 16.3. The van der Waals surface area contributed by atoms with E-state index in [1.165, 1.54) is 11.1 Å². The number of aliphatic hydroxyl groups is 1. The second kappa shape index (κ2) is 9.48. The molecule has 1 fully saturated rings. The molecule has 0 amide bonds. The monoisotopic (exact) mass is 371 g/mol. The maximum atomic E-state index is 12.1. The molecule has 0 aromatic heterocycles. The van der Waals surface area contributed by atoms with E-state index in [0.29, 0.717) is 38.5 Å². The van der Waals surface area contributed by atoms with E-state index in [2.05, 4.69) is 0 Å². The summed E-state index contributed by atoms with van der Waals surface area (Å²) in [6, 6.07) is 0. The number of carbonyl (C=O) groups excluding carboxylic acids is 1. The van der Waals surface area contributed by atoms with E-state index in [4.69, 9.17) is 9.84 Å². The highest BCUT2D eigenvalue weighted by Crippen LogP contribution is 2.38. The third-order valence-corrected chi connectivity index (χ3v) is 4.74. The second-order valence-electron chi connectivity index (χ2n) is 8.32. The van der Waals surface area contributed by atoms with Crippen LogP contribution in [0, 0.1) is 0 Å². The van der Waals surface area contributed by atoms with Gasteiger partial charge in [-0.3, -0.25) is 4.79 Å². The van der Waals surface area contributed by atoms with E-state index in [1.807, 2.05) is 27.7 Å². The molecule has 1 saturated heterocycles. The number of carboxylic acids is 1. The number of carbonyl (C=O) groups is 2. The number of esters is 1. The first-order valence-corrected chi connectivity index (χ1v) is 9.22. The van der Waals surface area contributed by atoms with Gasteiger partial charge in [-0.25, -0.2) is 4.79 Å². The van der Waals surface area contributed by atoms with E-state index < -0.39 is 23.2 Å². The van der Waals surface area contributed by atoms with Gasteiger partial charge in [-0.15, -0.1) is 0 Å². The first-order chi connectivity index (χ1) is 11.9. The zero-order valence-electron chi connectivity index (χ0n) is 16.3. The number of aliphatic hydroxyl groups excluding tert-OH is 1. The number of hydroxylamine groups is 2. The van der Waals surface area contributed by atoms with E-state index in [0.717, 1.165) is 12.5 Å². The Bertz CT molecular complexity index is 496. The Morgan fingerprint density at radius 1 is 1.15 bits per heavy atom. The smallest absolute Gasteiger partial charge is 0.328 e. The Kier molecular flexibility index (Phi) is 8.24. The van der Waals surface area contributed by atoms with Gasteiger partial charge in [-0.05, 0) is 46.6 Å². The number of ether oxygens (including phenoxy) is 1. The van der Waals surface area contributed by atoms with Crippen LogP contribution in [0.1, 0.15) is 72.6 Å². The molecular formula is C19H33NO6. The summed E-state index contributed by atoms with van der Waals surface area (Å²) in [7, 11) is 0. The number of piperidine rings is 1. The summed E-state index contributed by atoms with van der Waals surface area (Å²) in [6.45, 7) is 7.72. The first kappa shape index (κ1) is 22.6. The molecule has 0 aromatic rings. The molecule has 1 heterocycles. The van der Waals surface area contributed by atoms with Crippen molar-refractivity contribution in [1.82, 2.24) is 5.06 Å². The van der Waals surface area contributed by atoms with Gasteiger partial charge in [-0.2, -0.15) is 5.06 Å². The molecule has 1 aliphatic heterocycles. The average molecular weight is 371 g/mol. The van der Waals surface area contributed by atoms with E-state index >= 15 is 0 Å². The molecule has 7 heteroatoms. The van der Waals surface area contributed by atoms with Crippen molar-refractivity contribution in [3.05, 3.63) is 12.2 Å². The Labute approximate surface area is 155 Å². The van der Waals surface area contributed by atoms with Crippen molar-refractivity contribution in [3.63, 3.8) is 0 Å². The highest BCUT2D eigenvalue weighted by Gasteiger charge is 2.46. The van der Waals surface area contributed by atoms with Crippen LogP contribution in [-0.2, 0) is 14.3 Å². The third kappa shape index (κ3) is 7.43. The lowest BCUT2D eigenvalue weighted by atomic mass is 9.80. The minimum Gasteiger partial charge on any atom is -0.478 e. The third-order valence-electron chi connectivity index (χ3n) is 4.74. The summed E-state index contributed by atoms with van der Waals surface area (Å²) < 4.78 is 5.60. The highest BCUT2D eigenvalue weighted by atomic mass is 16.5. The second-order valence-corrected chi connectivity index (χ2v) is 8.32. The largest absolute Gasteiger partial charge is 0.478 e. The van der Waals surface area contributed by atoms with Crippen molar-refractivity contribution in [2.24, 2.45) is 0 Å². The van der Waals surface area contributed by atoms with Crippen molar-refractivity contribution in [1.29, 1.82) is 0 Å². The number of rotatable bonds is 9. The molecule has 0 aromatic carbocycles. The lowest BCUT2D eigenvalue weighted by Gasteiger charge is -2.50. The zero-order chi connectivity index (χ0) is 20.0. The molecule has 1 rings (SSSR count). The van der Waals surface area contributed by atoms with Crippen molar-refractivity contribution in [2.45, 2.75) is 95.9 Å². The van der Waals surface area contributed by atoms with Gasteiger partial charge < -0.3 is 20.2 Å². The van der Waals surface area contributed by atoms with Crippen molar-refractivity contribution in [2.75, 3.05) is 0 Å². The summed E-state index contributed by atoms with van der Waals surface area (Å²) in [4.78, 5) is 22.4. The van der Waals surface area contributed by atoms with Crippen LogP contribution in [0.4, 0.5) is 0 Å². The van der Waals surface area contributed by atoms with Crippen LogP contribution >= 0.6 is 0 Å². The van der Waals surface area contributed by atoms with Crippen LogP contribution < -0.4 is 0 Å². The van der Waals surface area contributed by atoms with Crippen molar-refractivity contribution >= 4 is 11.9 Å². The van der Waals surface area contributed by atoms with E-state index in [1.54, 1.807) is 0 Å². The fourth-order valence-electron chi connectivity index (χ4n) is 3.60. The van der Waals surface area contributed by atoms with Crippen LogP contribution in [0.25, 0.3) is 0 Å². The number of carboxylic acid groups (broad SMARTS) is 1. The standard InChI is InChI=1S/C19H33NO6/c1-18(2)12-15(13-19(3,4)20(18)25)26-17(24)9-7-5-6-8-14(21)10-11-16(22)23/h10-11,14-15,21,25H,5-9,12-13H2,1-4H3,(H,22,23). The summed E-state index contributed by atoms with van der Waals surface area (Å²) in [5, 5.41) is 29.7. The van der Waals surface area contributed by atoms with Gasteiger partial charge in [0.25, 0.3) is 0 Å². The van der Waals surface area contributed by atoms with Crippen LogP contribution in [0.5, 0.6) is 0 Å². The highest BCUT2D eigenvalue weighted by molar-refractivity contribution is 5.79. The summed E-state index contributed by atoms with van der Waals surface area (Å²) >= 11 is 0. The fraction of sp³-hybridized carbons (Fsp3) is 0.789. The van der Waals surface area contributed by atoms with Gasteiger partial charge in [0.2, 0.25) is 0 Å². The molecular weight excluding hydrogens is 338 g/mol. The molecule has 0 aliphatic carbocycles. The Hall–Kier alpha value is -1.44. The predicted octanol–water partition coefficient (Wildman–Crippen LogP) is 2.89. The Balaban J connectivity index is 2.27. The van der Waals surface area contributed by atoms with Gasteiger partial charge in [0.05, 0.1) is 6.10 Å². The SMILES string of the molecule is CC1(C)CC(OC(=O)CCCCCC(O)C=CC(=O)O)CC(C)(C)N1O. The molecule has 0 saturated carbocycles. The Morgan fingerprint density at radius 3 is 2.27 bits per heavy atom. The fourth-order valence-corrected chi connectivity index (χ4v) is 3.60. The number of hydrogen-bond acceptors (Lipinski definition) is 6. The quantitative estimate of drug-likeness (QED) is 0.325. The van der Waals surface area contributed by atoms with Gasteiger partial charge in [0.1, 0.15) is 6.10 Å². The average Bonchev–Trinajstić information content (AvgIpc) is 2.49. The predicted molar refractivity (Wildman–Crippen MR) is 96.8 cm³/mol. The Morgan fingerprint density at radius 2 is 1.73 bits per heavy atom. The minimum absolute atomic E-state index is 0.209. The van der Waals surface area contributed by atoms with Gasteiger partial charge >= 0.3 is 11.9 Å². The lowest BCUT2D eigenvalue weighted by molar-refractivity contribution is -0.259. The van der Waals surface area contributed by atoms with Gasteiger partial charge in [-0.1, -0.05) is 12.8 Å². The summed E-state index contributed by atoms with van der Waals surface area (Å²) in [6.07, 6.45) is 5.31. The summed E-state index contributed by atoms with van der Waals surface area (Å²) in [5.74, 6) is -1.32. The van der Waals surface area contributed by atoms with Crippen LogP contribution in [-0.4, -0.2) is 55.7 Å². The topological polar surface area (TPSA) is 107 Å². The minimum atomic E-state index is -1.08.